The number of hydrogen-bond donors (Lipinski definition) is 2. The van der Waals surface area contributed by atoms with Gasteiger partial charge in [0.15, 0.2) is 5.75 Å². The van der Waals surface area contributed by atoms with E-state index in [0.717, 1.165) is 25.7 Å². The number of carbonyl (C=O) groups excluding carboxylic acids is 1. The maximum Gasteiger partial charge on any atom is 0.312 e. The Morgan fingerprint density at radius 3 is 2.67 bits per heavy atom. The maximum atomic E-state index is 12.0. The van der Waals surface area contributed by atoms with Crippen molar-refractivity contribution >= 4 is 35.6 Å². The fourth-order valence-corrected chi connectivity index (χ4v) is 2.97. The normalized spacial score (nSPS) is 15.4. The highest BCUT2D eigenvalue weighted by atomic mass is 35.5. The van der Waals surface area contributed by atoms with Crippen molar-refractivity contribution in [1.82, 2.24) is 5.32 Å². The average Bonchev–Trinajstić information content (AvgIpc) is 2.97. The number of rotatable bonds is 7. The lowest BCUT2D eigenvalue weighted by Crippen LogP contribution is -2.51. The van der Waals surface area contributed by atoms with Crippen molar-refractivity contribution in [2.75, 3.05) is 13.2 Å². The molecule has 0 aromatic heterocycles. The molecule has 1 amide bonds. The van der Waals surface area contributed by atoms with E-state index in [2.05, 4.69) is 5.32 Å². The Morgan fingerprint density at radius 1 is 1.42 bits per heavy atom. The molecule has 1 fully saturated rings. The van der Waals surface area contributed by atoms with Crippen LogP contribution in [0.4, 0.5) is 5.69 Å². The molecule has 3 N–H and O–H groups in total. The van der Waals surface area contributed by atoms with Crippen molar-refractivity contribution < 1.29 is 14.5 Å². The van der Waals surface area contributed by atoms with E-state index in [1.807, 2.05) is 0 Å². The molecule has 9 heteroatoms. The Morgan fingerprint density at radius 2 is 2.08 bits per heavy atom. The van der Waals surface area contributed by atoms with Gasteiger partial charge in [-0.1, -0.05) is 24.4 Å². The predicted octanol–water partition coefficient (Wildman–Crippen LogP) is 2.83. The summed E-state index contributed by atoms with van der Waals surface area (Å²) in [6.07, 6.45) is 4.01. The second-order valence-electron chi connectivity index (χ2n) is 5.71. The Balaban J connectivity index is 0.00000288. The lowest BCUT2D eigenvalue weighted by molar-refractivity contribution is -0.385. The van der Waals surface area contributed by atoms with Crippen LogP contribution < -0.4 is 15.8 Å². The van der Waals surface area contributed by atoms with Crippen molar-refractivity contribution in [3.63, 3.8) is 0 Å². The van der Waals surface area contributed by atoms with Crippen LogP contribution >= 0.6 is 24.0 Å². The molecule has 7 nitrogen and oxygen atoms in total. The van der Waals surface area contributed by atoms with Gasteiger partial charge in [0.2, 0.25) is 5.91 Å². The van der Waals surface area contributed by atoms with Gasteiger partial charge in [-0.25, -0.2) is 0 Å². The summed E-state index contributed by atoms with van der Waals surface area (Å²) < 4.78 is 5.36. The quantitative estimate of drug-likeness (QED) is 0.560. The lowest BCUT2D eigenvalue weighted by Gasteiger charge is -2.28. The van der Waals surface area contributed by atoms with Crippen molar-refractivity contribution in [3.05, 3.63) is 33.3 Å². The van der Waals surface area contributed by atoms with Gasteiger partial charge in [-0.15, -0.1) is 12.4 Å². The molecule has 0 spiro atoms. The van der Waals surface area contributed by atoms with E-state index in [1.54, 1.807) is 0 Å². The van der Waals surface area contributed by atoms with Gasteiger partial charge in [0.05, 0.1) is 23.5 Å². The zero-order valence-corrected chi connectivity index (χ0v) is 14.7. The number of nitrogens with zero attached hydrogens (tertiary/aromatic N) is 1. The topological polar surface area (TPSA) is 107 Å². The van der Waals surface area contributed by atoms with Crippen LogP contribution in [0.2, 0.25) is 5.02 Å². The summed E-state index contributed by atoms with van der Waals surface area (Å²) in [6.45, 7) is 0.469. The number of nitrogens with two attached hydrogens (primary N) is 1. The van der Waals surface area contributed by atoms with Crippen LogP contribution in [0.3, 0.4) is 0 Å². The highest BCUT2D eigenvalue weighted by Gasteiger charge is 2.33. The van der Waals surface area contributed by atoms with Gasteiger partial charge < -0.3 is 15.8 Å². The molecule has 2 rings (SSSR count). The third kappa shape index (κ3) is 5.22. The van der Waals surface area contributed by atoms with Gasteiger partial charge in [0.25, 0.3) is 0 Å². The molecular formula is C15H21Cl2N3O4. The largest absolute Gasteiger partial charge is 0.486 e. The highest BCUT2D eigenvalue weighted by molar-refractivity contribution is 6.30. The Kier molecular flexibility index (Phi) is 7.72. The molecule has 0 unspecified atom stereocenters. The number of hydrogen-bond acceptors (Lipinski definition) is 5. The van der Waals surface area contributed by atoms with E-state index in [9.17, 15) is 14.9 Å². The average molecular weight is 378 g/mol. The predicted molar refractivity (Wildman–Crippen MR) is 93.9 cm³/mol. The zero-order chi connectivity index (χ0) is 16.9. The Labute approximate surface area is 151 Å². The number of nitro benzene ring substituents is 1. The second-order valence-corrected chi connectivity index (χ2v) is 6.14. The molecule has 0 heterocycles. The summed E-state index contributed by atoms with van der Waals surface area (Å²) in [6, 6.07) is 4.15. The number of ether oxygens (including phenoxy) is 1. The summed E-state index contributed by atoms with van der Waals surface area (Å²) in [4.78, 5) is 22.4. The molecule has 1 aromatic rings. The van der Waals surface area contributed by atoms with Gasteiger partial charge in [-0.2, -0.15) is 0 Å². The minimum atomic E-state index is -0.566. The van der Waals surface area contributed by atoms with E-state index >= 15 is 0 Å². The first-order valence-electron chi connectivity index (χ1n) is 7.54. The van der Waals surface area contributed by atoms with E-state index in [1.165, 1.54) is 18.2 Å². The number of carbonyl (C=O) groups is 1. The first-order valence-corrected chi connectivity index (χ1v) is 7.91. The SMILES string of the molecule is Cl.NCC1(NC(=O)CCOc2ccc(Cl)cc2[N+](=O)[O-])CCCC1. The minimum absolute atomic E-state index is 0. The van der Waals surface area contributed by atoms with Crippen molar-refractivity contribution in [2.45, 2.75) is 37.6 Å². The first-order chi connectivity index (χ1) is 11.0. The standard InChI is InChI=1S/C15H20ClN3O4.ClH/c16-11-3-4-13(12(9-11)19(21)22)23-8-5-14(20)18-15(10-17)6-1-2-7-15;/h3-4,9H,1-2,5-8,10,17H2,(H,18,20);1H. The summed E-state index contributed by atoms with van der Waals surface area (Å²) >= 11 is 5.74. The molecule has 0 aliphatic heterocycles. The van der Waals surface area contributed by atoms with Gasteiger partial charge in [0.1, 0.15) is 0 Å². The fraction of sp³-hybridized carbons (Fsp3) is 0.533. The van der Waals surface area contributed by atoms with E-state index in [0.29, 0.717) is 6.54 Å². The Bertz CT molecular complexity index is 592. The van der Waals surface area contributed by atoms with E-state index in [-0.39, 0.29) is 53.3 Å². The molecule has 1 aliphatic carbocycles. The van der Waals surface area contributed by atoms with E-state index < -0.39 is 4.92 Å². The van der Waals surface area contributed by atoms with E-state index in [4.69, 9.17) is 22.1 Å². The van der Waals surface area contributed by atoms with Crippen LogP contribution in [0.15, 0.2) is 18.2 Å². The molecule has 0 saturated heterocycles. The third-order valence-corrected chi connectivity index (χ3v) is 4.30. The summed E-state index contributed by atoms with van der Waals surface area (Å²) in [5, 5.41) is 14.2. The lowest BCUT2D eigenvalue weighted by atomic mass is 9.98. The van der Waals surface area contributed by atoms with Gasteiger partial charge >= 0.3 is 5.69 Å². The molecule has 1 aliphatic rings. The summed E-state index contributed by atoms with van der Waals surface area (Å²) in [5.41, 5.74) is 5.25. The summed E-state index contributed by atoms with van der Waals surface area (Å²) in [7, 11) is 0. The van der Waals surface area contributed by atoms with Gasteiger partial charge in [0, 0.05) is 17.6 Å². The molecule has 0 bridgehead atoms. The Hall–Kier alpha value is -1.57. The highest BCUT2D eigenvalue weighted by Crippen LogP contribution is 2.30. The number of halogens is 2. The van der Waals surface area contributed by atoms with Crippen LogP contribution in [0.1, 0.15) is 32.1 Å². The second kappa shape index (κ2) is 9.05. The van der Waals surface area contributed by atoms with Crippen molar-refractivity contribution in [2.24, 2.45) is 5.73 Å². The number of nitrogens with one attached hydrogen (secondary N) is 1. The van der Waals surface area contributed by atoms with Crippen LogP contribution in [0, 0.1) is 10.1 Å². The van der Waals surface area contributed by atoms with Crippen LogP contribution in [0.25, 0.3) is 0 Å². The van der Waals surface area contributed by atoms with Gasteiger partial charge in [-0.05, 0) is 25.0 Å². The number of benzene rings is 1. The van der Waals surface area contributed by atoms with Crippen molar-refractivity contribution in [3.8, 4) is 5.75 Å². The van der Waals surface area contributed by atoms with Crippen LogP contribution in [-0.2, 0) is 4.79 Å². The monoisotopic (exact) mass is 377 g/mol. The third-order valence-electron chi connectivity index (χ3n) is 4.06. The van der Waals surface area contributed by atoms with Crippen LogP contribution in [0.5, 0.6) is 5.75 Å². The smallest absolute Gasteiger partial charge is 0.312 e. The number of amides is 1. The minimum Gasteiger partial charge on any atom is -0.486 e. The summed E-state index contributed by atoms with van der Waals surface area (Å²) in [5.74, 6) is -0.0597. The molecule has 0 radical (unpaired) electrons. The molecule has 1 aromatic carbocycles. The molecule has 134 valence electrons. The molecule has 1 saturated carbocycles. The maximum absolute atomic E-state index is 12.0. The number of nitro groups is 1. The van der Waals surface area contributed by atoms with Gasteiger partial charge in [-0.3, -0.25) is 14.9 Å². The first kappa shape index (κ1) is 20.5. The van der Waals surface area contributed by atoms with Crippen molar-refractivity contribution in [1.29, 1.82) is 0 Å². The molecule has 0 atom stereocenters. The van der Waals surface area contributed by atoms with Crippen LogP contribution in [-0.4, -0.2) is 29.5 Å². The fourth-order valence-electron chi connectivity index (χ4n) is 2.80. The molecule has 24 heavy (non-hydrogen) atoms. The zero-order valence-electron chi connectivity index (χ0n) is 13.1. The molecular weight excluding hydrogens is 357 g/mol.